The van der Waals surface area contributed by atoms with Crippen molar-refractivity contribution < 1.29 is 14.7 Å². The lowest BCUT2D eigenvalue weighted by molar-refractivity contribution is -0.153. The van der Waals surface area contributed by atoms with Gasteiger partial charge < -0.3 is 10.8 Å². The Kier molecular flexibility index (Phi) is 12.6. The molecule has 24 heavy (non-hydrogen) atoms. The molecule has 0 aliphatic carbocycles. The van der Waals surface area contributed by atoms with Crippen LogP contribution in [0.2, 0.25) is 0 Å². The number of amides is 1. The van der Waals surface area contributed by atoms with Gasteiger partial charge in [0.15, 0.2) is 0 Å². The lowest BCUT2D eigenvalue weighted by atomic mass is 9.85. The molecular weight excluding hydrogens is 304 g/mol. The van der Waals surface area contributed by atoms with Crippen LogP contribution in [0.25, 0.3) is 0 Å². The van der Waals surface area contributed by atoms with Gasteiger partial charge in [-0.15, -0.1) is 0 Å². The molecule has 142 valence electrons. The van der Waals surface area contributed by atoms with Gasteiger partial charge in [-0.25, -0.2) is 0 Å². The van der Waals surface area contributed by atoms with Gasteiger partial charge in [-0.05, 0) is 38.8 Å². The van der Waals surface area contributed by atoms with E-state index in [9.17, 15) is 14.7 Å². The van der Waals surface area contributed by atoms with Gasteiger partial charge in [-0.2, -0.15) is 0 Å². The van der Waals surface area contributed by atoms with E-state index in [0.29, 0.717) is 12.8 Å². The molecule has 0 spiro atoms. The van der Waals surface area contributed by atoms with Gasteiger partial charge >= 0.3 is 5.97 Å². The van der Waals surface area contributed by atoms with Gasteiger partial charge in [0, 0.05) is 6.42 Å². The van der Waals surface area contributed by atoms with Crippen molar-refractivity contribution in [3.8, 4) is 0 Å². The molecule has 0 fully saturated rings. The second-order valence-corrected chi connectivity index (χ2v) is 6.81. The highest BCUT2D eigenvalue weighted by Crippen LogP contribution is 2.30. The summed E-state index contributed by atoms with van der Waals surface area (Å²) < 4.78 is 0. The zero-order valence-corrected chi connectivity index (χ0v) is 16.0. The molecule has 0 heterocycles. The summed E-state index contributed by atoms with van der Waals surface area (Å²) in [5, 5.41) is 10.0. The smallest absolute Gasteiger partial charge is 0.324 e. The van der Waals surface area contributed by atoms with E-state index < -0.39 is 17.4 Å². The fraction of sp³-hybridized carbons (Fsp3) is 0.895. The number of aliphatic carboxylic acids is 1. The minimum absolute atomic E-state index is 0.133. The Hall–Kier alpha value is -1.10. The van der Waals surface area contributed by atoms with E-state index in [2.05, 4.69) is 25.7 Å². The molecular formula is C19H38N2O3. The first kappa shape index (κ1) is 22.9. The van der Waals surface area contributed by atoms with Crippen molar-refractivity contribution >= 4 is 11.9 Å². The Morgan fingerprint density at radius 2 is 1.46 bits per heavy atom. The van der Waals surface area contributed by atoms with Crippen LogP contribution in [0.1, 0.15) is 91.4 Å². The maximum absolute atomic E-state index is 12.2. The standard InChI is InChI=1S/C19H38N2O3/c1-4-7-10-11-16-21(15-9-6-3)19(18(23)24,13-8-5-2)14-12-17(20)22/h4-16H2,1-3H3,(H2,20,22)(H,23,24). The van der Waals surface area contributed by atoms with Gasteiger partial charge in [0.1, 0.15) is 5.54 Å². The lowest BCUT2D eigenvalue weighted by Gasteiger charge is -2.41. The van der Waals surface area contributed by atoms with Crippen molar-refractivity contribution in [3.05, 3.63) is 0 Å². The molecule has 0 aromatic rings. The molecule has 1 atom stereocenters. The lowest BCUT2D eigenvalue weighted by Crippen LogP contribution is -2.55. The topological polar surface area (TPSA) is 83.6 Å². The van der Waals surface area contributed by atoms with Crippen LogP contribution < -0.4 is 5.73 Å². The molecule has 3 N–H and O–H groups in total. The molecule has 0 saturated carbocycles. The maximum atomic E-state index is 12.2. The average Bonchev–Trinajstić information content (AvgIpc) is 2.54. The second-order valence-electron chi connectivity index (χ2n) is 6.81. The minimum atomic E-state index is -0.952. The Labute approximate surface area is 148 Å². The molecule has 1 unspecified atom stereocenters. The number of carboxylic acid groups (broad SMARTS) is 1. The number of rotatable bonds is 16. The molecule has 5 heteroatoms. The first-order valence-electron chi connectivity index (χ1n) is 9.71. The normalized spacial score (nSPS) is 13.8. The van der Waals surface area contributed by atoms with Gasteiger partial charge in [0.2, 0.25) is 5.91 Å². The molecule has 0 saturated heterocycles. The Bertz CT molecular complexity index is 361. The summed E-state index contributed by atoms with van der Waals surface area (Å²) in [4.78, 5) is 25.7. The zero-order valence-electron chi connectivity index (χ0n) is 16.0. The maximum Gasteiger partial charge on any atom is 0.324 e. The van der Waals surface area contributed by atoms with E-state index in [-0.39, 0.29) is 6.42 Å². The SMILES string of the molecule is CCCCCCN(CCCC)C(CCCC)(CCC(N)=O)C(=O)O. The number of carbonyl (C=O) groups is 2. The summed E-state index contributed by atoms with van der Waals surface area (Å²) in [6.45, 7) is 7.92. The Morgan fingerprint density at radius 1 is 0.875 bits per heavy atom. The predicted molar refractivity (Wildman–Crippen MR) is 98.9 cm³/mol. The van der Waals surface area contributed by atoms with Crippen molar-refractivity contribution in [2.24, 2.45) is 5.73 Å². The summed E-state index contributed by atoms with van der Waals surface area (Å²) in [6.07, 6.45) is 9.32. The summed E-state index contributed by atoms with van der Waals surface area (Å²) in [7, 11) is 0. The van der Waals surface area contributed by atoms with Crippen LogP contribution in [0.4, 0.5) is 0 Å². The van der Waals surface area contributed by atoms with E-state index in [1.54, 1.807) is 0 Å². The summed E-state index contributed by atoms with van der Waals surface area (Å²) in [5.74, 6) is -1.22. The largest absolute Gasteiger partial charge is 0.480 e. The number of nitrogens with zero attached hydrogens (tertiary/aromatic N) is 1. The van der Waals surface area contributed by atoms with Gasteiger partial charge in [0.05, 0.1) is 0 Å². The van der Waals surface area contributed by atoms with Crippen molar-refractivity contribution in [1.29, 1.82) is 0 Å². The van der Waals surface area contributed by atoms with Crippen LogP contribution in [0.5, 0.6) is 0 Å². The molecule has 0 bridgehead atoms. The van der Waals surface area contributed by atoms with Crippen LogP contribution in [0, 0.1) is 0 Å². The van der Waals surface area contributed by atoms with E-state index in [1.165, 1.54) is 6.42 Å². The Morgan fingerprint density at radius 3 is 1.96 bits per heavy atom. The summed E-state index contributed by atoms with van der Waals surface area (Å²) in [5.41, 5.74) is 4.37. The highest BCUT2D eigenvalue weighted by Gasteiger charge is 2.43. The number of carboxylic acids is 1. The van der Waals surface area contributed by atoms with Crippen LogP contribution in [0.3, 0.4) is 0 Å². The number of nitrogens with two attached hydrogens (primary N) is 1. The monoisotopic (exact) mass is 342 g/mol. The summed E-state index contributed by atoms with van der Waals surface area (Å²) >= 11 is 0. The number of unbranched alkanes of at least 4 members (excludes halogenated alkanes) is 5. The number of hydrogen-bond acceptors (Lipinski definition) is 3. The molecule has 0 radical (unpaired) electrons. The molecule has 5 nitrogen and oxygen atoms in total. The molecule has 0 aromatic heterocycles. The molecule has 1 amide bonds. The molecule has 0 aromatic carbocycles. The summed E-state index contributed by atoms with van der Waals surface area (Å²) in [6, 6.07) is 0. The predicted octanol–water partition coefficient (Wildman–Crippen LogP) is 3.95. The molecule has 0 aliphatic rings. The third kappa shape index (κ3) is 8.13. The van der Waals surface area contributed by atoms with E-state index in [1.807, 2.05) is 0 Å². The average molecular weight is 343 g/mol. The van der Waals surface area contributed by atoms with Crippen LogP contribution in [-0.4, -0.2) is 40.5 Å². The van der Waals surface area contributed by atoms with Crippen LogP contribution in [0.15, 0.2) is 0 Å². The van der Waals surface area contributed by atoms with Crippen LogP contribution >= 0.6 is 0 Å². The van der Waals surface area contributed by atoms with Gasteiger partial charge in [0.25, 0.3) is 0 Å². The first-order valence-corrected chi connectivity index (χ1v) is 9.71. The van der Waals surface area contributed by atoms with Crippen molar-refractivity contribution in [1.82, 2.24) is 4.90 Å². The van der Waals surface area contributed by atoms with Crippen molar-refractivity contribution in [2.45, 2.75) is 96.9 Å². The van der Waals surface area contributed by atoms with Crippen molar-refractivity contribution in [3.63, 3.8) is 0 Å². The van der Waals surface area contributed by atoms with Crippen molar-refractivity contribution in [2.75, 3.05) is 13.1 Å². The second kappa shape index (κ2) is 13.2. The van der Waals surface area contributed by atoms with Gasteiger partial charge in [-0.3, -0.25) is 14.5 Å². The Balaban J connectivity index is 5.29. The quantitative estimate of drug-likeness (QED) is 0.416. The number of primary amides is 1. The third-order valence-corrected chi connectivity index (χ3v) is 4.80. The zero-order chi connectivity index (χ0) is 18.4. The van der Waals surface area contributed by atoms with E-state index in [0.717, 1.165) is 58.0 Å². The number of carbonyl (C=O) groups excluding carboxylic acids is 1. The first-order chi connectivity index (χ1) is 11.4. The highest BCUT2D eigenvalue weighted by molar-refractivity contribution is 5.81. The molecule has 0 aliphatic heterocycles. The highest BCUT2D eigenvalue weighted by atomic mass is 16.4. The van der Waals surface area contributed by atoms with Gasteiger partial charge in [-0.1, -0.05) is 59.3 Å². The fourth-order valence-corrected chi connectivity index (χ4v) is 3.21. The number of hydrogen-bond donors (Lipinski definition) is 2. The van der Waals surface area contributed by atoms with E-state index >= 15 is 0 Å². The van der Waals surface area contributed by atoms with E-state index in [4.69, 9.17) is 5.73 Å². The third-order valence-electron chi connectivity index (χ3n) is 4.80. The molecule has 0 rings (SSSR count). The van der Waals surface area contributed by atoms with Crippen LogP contribution in [-0.2, 0) is 9.59 Å². The minimum Gasteiger partial charge on any atom is -0.480 e. The fourth-order valence-electron chi connectivity index (χ4n) is 3.21.